The van der Waals surface area contributed by atoms with Gasteiger partial charge in [-0.15, -0.1) is 0 Å². The van der Waals surface area contributed by atoms with Crippen molar-refractivity contribution in [1.82, 2.24) is 5.32 Å². The molecular weight excluding hydrogens is 301 g/mol. The predicted molar refractivity (Wildman–Crippen MR) is 79.9 cm³/mol. The summed E-state index contributed by atoms with van der Waals surface area (Å²) in [5.41, 5.74) is 1.89. The minimum atomic E-state index is -4.07. The average Bonchev–Trinajstić information content (AvgIpc) is 2.45. The molecule has 1 saturated heterocycles. The average molecular weight is 321 g/mol. The molecule has 2 rings (SSSR count). The van der Waals surface area contributed by atoms with Crippen molar-refractivity contribution >= 4 is 17.3 Å². The largest absolute Gasteiger partial charge is 0.391 e. The van der Waals surface area contributed by atoms with Crippen molar-refractivity contribution in [2.45, 2.75) is 32.0 Å². The monoisotopic (exact) mass is 320 g/mol. The second kappa shape index (κ2) is 6.44. The van der Waals surface area contributed by atoms with Gasteiger partial charge in [-0.1, -0.05) is 17.7 Å². The van der Waals surface area contributed by atoms with Crippen LogP contribution in [0.15, 0.2) is 18.2 Å². The molecule has 1 aliphatic heterocycles. The van der Waals surface area contributed by atoms with E-state index < -0.39 is 12.1 Å². The first kappa shape index (κ1) is 16.4. The van der Waals surface area contributed by atoms with E-state index in [4.69, 9.17) is 11.6 Å². The Morgan fingerprint density at radius 1 is 1.29 bits per heavy atom. The molecule has 0 aliphatic carbocycles. The van der Waals surface area contributed by atoms with Gasteiger partial charge in [0.2, 0.25) is 0 Å². The van der Waals surface area contributed by atoms with Crippen molar-refractivity contribution in [1.29, 1.82) is 0 Å². The number of nitrogens with one attached hydrogen (secondary N) is 1. The minimum absolute atomic E-state index is 0.141. The lowest BCUT2D eigenvalue weighted by molar-refractivity contribution is -0.179. The molecule has 1 heterocycles. The Bertz CT molecular complexity index is 482. The van der Waals surface area contributed by atoms with Gasteiger partial charge in [0.05, 0.1) is 5.92 Å². The van der Waals surface area contributed by atoms with Gasteiger partial charge in [0.15, 0.2) is 0 Å². The van der Waals surface area contributed by atoms with Crippen LogP contribution in [-0.4, -0.2) is 26.3 Å². The quantitative estimate of drug-likeness (QED) is 0.888. The number of rotatable bonds is 3. The molecule has 0 spiro atoms. The van der Waals surface area contributed by atoms with Crippen LogP contribution in [0.25, 0.3) is 0 Å². The Hall–Kier alpha value is -0.940. The summed E-state index contributed by atoms with van der Waals surface area (Å²) in [6, 6.07) is 5.86. The Kier molecular flexibility index (Phi) is 5.04. The molecule has 1 unspecified atom stereocenters. The lowest BCUT2D eigenvalue weighted by Gasteiger charge is -2.34. The van der Waals surface area contributed by atoms with Crippen molar-refractivity contribution in [2.75, 3.05) is 25.0 Å². The number of hydrogen-bond donors (Lipinski definition) is 1. The molecule has 1 aliphatic rings. The van der Waals surface area contributed by atoms with E-state index in [1.165, 1.54) is 0 Å². The standard InChI is InChI=1S/C15H20ClF3N2/c1-10(20-2)13-4-3-12(9-14(13)16)21-7-5-11(6-8-21)15(17,18)19/h3-4,9-11,20H,5-8H2,1-2H3. The first-order valence-corrected chi connectivity index (χ1v) is 7.49. The molecular formula is C15H20ClF3N2. The second-order valence-corrected chi connectivity index (χ2v) is 5.93. The summed E-state index contributed by atoms with van der Waals surface area (Å²) in [5, 5.41) is 3.77. The Morgan fingerprint density at radius 2 is 1.90 bits per heavy atom. The maximum atomic E-state index is 12.7. The Balaban J connectivity index is 2.06. The molecule has 0 saturated carbocycles. The van der Waals surface area contributed by atoms with E-state index in [1.54, 1.807) is 0 Å². The molecule has 0 amide bonds. The van der Waals surface area contributed by atoms with E-state index >= 15 is 0 Å². The van der Waals surface area contributed by atoms with Crippen LogP contribution >= 0.6 is 11.6 Å². The first-order chi connectivity index (χ1) is 9.82. The molecule has 6 heteroatoms. The van der Waals surface area contributed by atoms with Crippen LogP contribution in [0.3, 0.4) is 0 Å². The highest BCUT2D eigenvalue weighted by molar-refractivity contribution is 6.31. The van der Waals surface area contributed by atoms with Crippen molar-refractivity contribution in [3.63, 3.8) is 0 Å². The van der Waals surface area contributed by atoms with Gasteiger partial charge in [-0.3, -0.25) is 0 Å². The van der Waals surface area contributed by atoms with Crippen LogP contribution in [0.5, 0.6) is 0 Å². The molecule has 21 heavy (non-hydrogen) atoms. The van der Waals surface area contributed by atoms with Gasteiger partial charge in [-0.25, -0.2) is 0 Å². The summed E-state index contributed by atoms with van der Waals surface area (Å²) in [6.07, 6.45) is -3.78. The molecule has 1 aromatic rings. The summed E-state index contributed by atoms with van der Waals surface area (Å²) in [7, 11) is 1.86. The van der Waals surface area contributed by atoms with Gasteiger partial charge in [0.25, 0.3) is 0 Å². The predicted octanol–water partition coefficient (Wildman–Crippen LogP) is 4.40. The number of piperidine rings is 1. The zero-order valence-electron chi connectivity index (χ0n) is 12.2. The first-order valence-electron chi connectivity index (χ1n) is 7.11. The van der Waals surface area contributed by atoms with E-state index in [9.17, 15) is 13.2 Å². The van der Waals surface area contributed by atoms with Crippen LogP contribution in [-0.2, 0) is 0 Å². The Morgan fingerprint density at radius 3 is 2.38 bits per heavy atom. The minimum Gasteiger partial charge on any atom is -0.371 e. The lowest BCUT2D eigenvalue weighted by Crippen LogP contribution is -2.39. The summed E-state index contributed by atoms with van der Waals surface area (Å²) >= 11 is 6.28. The van der Waals surface area contributed by atoms with E-state index in [0.717, 1.165) is 11.3 Å². The molecule has 1 atom stereocenters. The van der Waals surface area contributed by atoms with Crippen molar-refractivity contribution < 1.29 is 13.2 Å². The molecule has 0 radical (unpaired) electrons. The second-order valence-electron chi connectivity index (χ2n) is 5.52. The molecule has 0 bridgehead atoms. The number of benzene rings is 1. The highest BCUT2D eigenvalue weighted by Gasteiger charge is 2.41. The third-order valence-corrected chi connectivity index (χ3v) is 4.53. The molecule has 1 aromatic carbocycles. The number of anilines is 1. The van der Waals surface area contributed by atoms with Gasteiger partial charge in [0, 0.05) is 29.8 Å². The zero-order chi connectivity index (χ0) is 15.6. The number of halogens is 4. The van der Waals surface area contributed by atoms with Crippen LogP contribution in [0.4, 0.5) is 18.9 Å². The summed E-state index contributed by atoms with van der Waals surface area (Å²) in [6.45, 7) is 2.85. The highest BCUT2D eigenvalue weighted by atomic mass is 35.5. The molecule has 1 N–H and O–H groups in total. The number of nitrogens with zero attached hydrogens (tertiary/aromatic N) is 1. The normalized spacial score (nSPS) is 18.9. The third kappa shape index (κ3) is 3.83. The SMILES string of the molecule is CNC(C)c1ccc(N2CCC(C(F)(F)F)CC2)cc1Cl. The lowest BCUT2D eigenvalue weighted by atomic mass is 9.95. The van der Waals surface area contributed by atoms with E-state index in [2.05, 4.69) is 5.32 Å². The van der Waals surface area contributed by atoms with Crippen LogP contribution in [0, 0.1) is 5.92 Å². The highest BCUT2D eigenvalue weighted by Crippen LogP contribution is 2.36. The molecule has 0 aromatic heterocycles. The summed E-state index contributed by atoms with van der Waals surface area (Å²) < 4.78 is 38.0. The van der Waals surface area contributed by atoms with E-state index in [1.807, 2.05) is 37.1 Å². The van der Waals surface area contributed by atoms with E-state index in [0.29, 0.717) is 18.1 Å². The van der Waals surface area contributed by atoms with Crippen LogP contribution in [0.1, 0.15) is 31.4 Å². The molecule has 1 fully saturated rings. The number of hydrogen-bond acceptors (Lipinski definition) is 2. The van der Waals surface area contributed by atoms with Gasteiger partial charge >= 0.3 is 6.18 Å². The van der Waals surface area contributed by atoms with Gasteiger partial charge in [-0.05, 0) is 44.5 Å². The van der Waals surface area contributed by atoms with Gasteiger partial charge in [0.1, 0.15) is 0 Å². The third-order valence-electron chi connectivity index (χ3n) is 4.21. The smallest absolute Gasteiger partial charge is 0.371 e. The fourth-order valence-electron chi connectivity index (χ4n) is 2.68. The molecule has 118 valence electrons. The summed E-state index contributed by atoms with van der Waals surface area (Å²) in [4.78, 5) is 1.97. The van der Waals surface area contributed by atoms with Crippen LogP contribution in [0.2, 0.25) is 5.02 Å². The fourth-order valence-corrected chi connectivity index (χ4v) is 3.02. The molecule has 2 nitrogen and oxygen atoms in total. The van der Waals surface area contributed by atoms with Gasteiger partial charge < -0.3 is 10.2 Å². The van der Waals surface area contributed by atoms with Crippen molar-refractivity contribution in [3.8, 4) is 0 Å². The van der Waals surface area contributed by atoms with Crippen LogP contribution < -0.4 is 10.2 Å². The Labute approximate surface area is 128 Å². The van der Waals surface area contributed by atoms with Crippen molar-refractivity contribution in [3.05, 3.63) is 28.8 Å². The fraction of sp³-hybridized carbons (Fsp3) is 0.600. The van der Waals surface area contributed by atoms with Gasteiger partial charge in [-0.2, -0.15) is 13.2 Å². The zero-order valence-corrected chi connectivity index (χ0v) is 12.9. The summed E-state index contributed by atoms with van der Waals surface area (Å²) in [5.74, 6) is -1.17. The maximum Gasteiger partial charge on any atom is 0.391 e. The van der Waals surface area contributed by atoms with Crippen molar-refractivity contribution in [2.24, 2.45) is 5.92 Å². The van der Waals surface area contributed by atoms with E-state index in [-0.39, 0.29) is 18.9 Å². The topological polar surface area (TPSA) is 15.3 Å². The maximum absolute atomic E-state index is 12.7. The number of alkyl halides is 3.